The summed E-state index contributed by atoms with van der Waals surface area (Å²) in [5, 5.41) is 3.83. The number of hydrogen-bond acceptors (Lipinski definition) is 4. The van der Waals surface area contributed by atoms with Crippen molar-refractivity contribution in [1.82, 2.24) is 19.5 Å². The molecule has 4 rings (SSSR count). The van der Waals surface area contributed by atoms with Gasteiger partial charge in [0.2, 0.25) is 5.95 Å². The molecule has 0 atom stereocenters. The number of nitrogens with zero attached hydrogens (tertiary/aromatic N) is 3. The number of halogens is 2. The average Bonchev–Trinajstić information content (AvgIpc) is 3.07. The molecule has 0 unspecified atom stereocenters. The van der Waals surface area contributed by atoms with E-state index in [1.165, 1.54) is 11.6 Å². The fourth-order valence-electron chi connectivity index (χ4n) is 3.26. The van der Waals surface area contributed by atoms with Gasteiger partial charge in [-0.05, 0) is 36.2 Å². The number of hydrogen-bond donors (Lipinski definition) is 2. The first-order valence-electron chi connectivity index (χ1n) is 9.07. The highest BCUT2D eigenvalue weighted by Crippen LogP contribution is 2.22. The lowest BCUT2D eigenvalue weighted by Gasteiger charge is -2.09. The molecule has 4 aromatic heterocycles. The van der Waals surface area contributed by atoms with Crippen molar-refractivity contribution < 1.29 is 8.78 Å². The number of rotatable bonds is 5. The Balaban J connectivity index is 1.52. The van der Waals surface area contributed by atoms with Crippen LogP contribution < -0.4 is 10.9 Å². The number of H-pyrrole nitrogens is 1. The number of aromatic amines is 1. The minimum atomic E-state index is -0.600. The van der Waals surface area contributed by atoms with Crippen molar-refractivity contribution in [1.29, 1.82) is 0 Å². The van der Waals surface area contributed by atoms with Gasteiger partial charge in [0.05, 0.1) is 0 Å². The van der Waals surface area contributed by atoms with Crippen LogP contribution in [0.3, 0.4) is 0 Å². The zero-order valence-electron chi connectivity index (χ0n) is 16.0. The Hall–Kier alpha value is -3.55. The molecule has 0 spiro atoms. The molecule has 0 aliphatic heterocycles. The zero-order chi connectivity index (χ0) is 20.5. The van der Waals surface area contributed by atoms with E-state index in [-0.39, 0.29) is 23.5 Å². The van der Waals surface area contributed by atoms with E-state index in [0.29, 0.717) is 12.0 Å². The van der Waals surface area contributed by atoms with Crippen molar-refractivity contribution in [3.63, 3.8) is 0 Å². The van der Waals surface area contributed by atoms with Crippen molar-refractivity contribution >= 4 is 16.9 Å². The van der Waals surface area contributed by atoms with Crippen molar-refractivity contribution in [2.24, 2.45) is 7.05 Å². The molecule has 148 valence electrons. The van der Waals surface area contributed by atoms with Gasteiger partial charge in [0.25, 0.3) is 5.56 Å². The van der Waals surface area contributed by atoms with E-state index in [0.717, 1.165) is 34.4 Å². The van der Waals surface area contributed by atoms with Crippen LogP contribution in [0.15, 0.2) is 47.7 Å². The smallest absolute Gasteiger partial charge is 0.255 e. The summed E-state index contributed by atoms with van der Waals surface area (Å²) in [6, 6.07) is 6.46. The van der Waals surface area contributed by atoms with Gasteiger partial charge in [-0.2, -0.15) is 4.39 Å². The van der Waals surface area contributed by atoms with Gasteiger partial charge in [0.15, 0.2) is 0 Å². The van der Waals surface area contributed by atoms with Crippen LogP contribution in [0.4, 0.5) is 14.6 Å². The third kappa shape index (κ3) is 3.87. The molecule has 0 aromatic carbocycles. The lowest BCUT2D eigenvalue weighted by Crippen LogP contribution is -2.23. The van der Waals surface area contributed by atoms with Crippen LogP contribution in [0, 0.1) is 18.7 Å². The van der Waals surface area contributed by atoms with E-state index in [1.807, 2.05) is 19.2 Å². The van der Waals surface area contributed by atoms with Crippen LogP contribution in [0.1, 0.15) is 22.3 Å². The van der Waals surface area contributed by atoms with Crippen LogP contribution >= 0.6 is 0 Å². The second-order valence-electron chi connectivity index (χ2n) is 7.00. The Bertz CT molecular complexity index is 1260. The largest absolute Gasteiger partial charge is 0.366 e. The predicted molar refractivity (Wildman–Crippen MR) is 107 cm³/mol. The van der Waals surface area contributed by atoms with Gasteiger partial charge in [-0.25, -0.2) is 14.4 Å². The summed E-state index contributed by atoms with van der Waals surface area (Å²) < 4.78 is 29.2. The Labute approximate surface area is 165 Å². The third-order valence-corrected chi connectivity index (χ3v) is 4.74. The topological polar surface area (TPSA) is 75.6 Å². The van der Waals surface area contributed by atoms with E-state index in [9.17, 15) is 13.6 Å². The van der Waals surface area contributed by atoms with Crippen molar-refractivity contribution in [2.45, 2.75) is 19.9 Å². The predicted octanol–water partition coefficient (Wildman–Crippen LogP) is 3.45. The average molecular weight is 395 g/mol. The summed E-state index contributed by atoms with van der Waals surface area (Å²) >= 11 is 0. The maximum atomic E-state index is 14.6. The first-order valence-corrected chi connectivity index (χ1v) is 9.07. The van der Waals surface area contributed by atoms with Crippen LogP contribution in [0.25, 0.3) is 11.0 Å². The molecule has 8 heteroatoms. The highest BCUT2D eigenvalue weighted by atomic mass is 19.1. The fourth-order valence-corrected chi connectivity index (χ4v) is 3.26. The molecule has 0 aliphatic rings. The monoisotopic (exact) mass is 395 g/mol. The fraction of sp³-hybridized carbons (Fsp3) is 0.190. The standard InChI is InChI=1S/C21H19F2N5O/c1-12-5-17-14(9-26-20(17)25-8-12)6-13-3-4-18(27-19(13)23)24-10-15-7-16(22)11-28(2)21(15)29/h3-5,7-9,11H,6,10H2,1-2H3,(H,24,27)(H,25,26). The molecule has 4 heterocycles. The molecule has 0 radical (unpaired) electrons. The SMILES string of the molecule is Cc1cnc2[nH]cc(Cc3ccc(NCc4cc(F)cn(C)c4=O)nc3F)c2c1. The number of fused-ring (bicyclic) bond motifs is 1. The molecule has 0 fully saturated rings. The minimum Gasteiger partial charge on any atom is -0.366 e. The minimum absolute atomic E-state index is 0.0453. The molecule has 0 aliphatic carbocycles. The maximum absolute atomic E-state index is 14.6. The maximum Gasteiger partial charge on any atom is 0.255 e. The third-order valence-electron chi connectivity index (χ3n) is 4.74. The molecule has 0 saturated heterocycles. The number of anilines is 1. The van der Waals surface area contributed by atoms with Crippen molar-refractivity contribution in [3.05, 3.63) is 87.2 Å². The second-order valence-corrected chi connectivity index (χ2v) is 7.00. The molecule has 2 N–H and O–H groups in total. The summed E-state index contributed by atoms with van der Waals surface area (Å²) in [7, 11) is 1.48. The summed E-state index contributed by atoms with van der Waals surface area (Å²) in [5.41, 5.74) is 3.08. The van der Waals surface area contributed by atoms with Gasteiger partial charge >= 0.3 is 0 Å². The summed E-state index contributed by atoms with van der Waals surface area (Å²) in [6.07, 6.45) is 5.08. The molecular weight excluding hydrogens is 376 g/mol. The van der Waals surface area contributed by atoms with Crippen molar-refractivity contribution in [2.75, 3.05) is 5.32 Å². The van der Waals surface area contributed by atoms with Crippen LogP contribution in [0.2, 0.25) is 0 Å². The second kappa shape index (κ2) is 7.46. The number of nitrogens with one attached hydrogen (secondary N) is 2. The lowest BCUT2D eigenvalue weighted by molar-refractivity contribution is 0.571. The molecule has 6 nitrogen and oxygen atoms in total. The van der Waals surface area contributed by atoms with E-state index in [4.69, 9.17) is 0 Å². The zero-order valence-corrected chi connectivity index (χ0v) is 16.0. The lowest BCUT2D eigenvalue weighted by atomic mass is 10.1. The first kappa shape index (κ1) is 18.8. The normalized spacial score (nSPS) is 11.2. The van der Waals surface area contributed by atoms with Gasteiger partial charge in [0, 0.05) is 55.1 Å². The molecular formula is C21H19F2N5O. The summed E-state index contributed by atoms with van der Waals surface area (Å²) in [6.45, 7) is 2.00. The van der Waals surface area contributed by atoms with Crippen LogP contribution in [-0.2, 0) is 20.0 Å². The number of pyridine rings is 3. The van der Waals surface area contributed by atoms with Crippen molar-refractivity contribution in [3.8, 4) is 0 Å². The Morgan fingerprint density at radius 3 is 2.79 bits per heavy atom. The number of aryl methyl sites for hydroxylation is 2. The Kier molecular flexibility index (Phi) is 4.84. The molecule has 0 amide bonds. The molecule has 29 heavy (non-hydrogen) atoms. The van der Waals surface area contributed by atoms with Gasteiger partial charge in [-0.15, -0.1) is 0 Å². The first-order chi connectivity index (χ1) is 13.9. The van der Waals surface area contributed by atoms with Crippen LogP contribution in [0.5, 0.6) is 0 Å². The summed E-state index contributed by atoms with van der Waals surface area (Å²) in [4.78, 5) is 23.4. The molecule has 4 aromatic rings. The quantitative estimate of drug-likeness (QED) is 0.508. The highest BCUT2D eigenvalue weighted by molar-refractivity contribution is 5.80. The highest BCUT2D eigenvalue weighted by Gasteiger charge is 2.11. The van der Waals surface area contributed by atoms with Gasteiger partial charge in [-0.1, -0.05) is 6.07 Å². The van der Waals surface area contributed by atoms with E-state index < -0.39 is 11.8 Å². The van der Waals surface area contributed by atoms with E-state index >= 15 is 0 Å². The van der Waals surface area contributed by atoms with Gasteiger partial charge in [0.1, 0.15) is 17.3 Å². The van der Waals surface area contributed by atoms with Crippen LogP contribution in [-0.4, -0.2) is 19.5 Å². The van der Waals surface area contributed by atoms with E-state index in [1.54, 1.807) is 18.3 Å². The Morgan fingerprint density at radius 2 is 2.00 bits per heavy atom. The molecule has 0 bridgehead atoms. The molecule has 0 saturated carbocycles. The Morgan fingerprint density at radius 1 is 1.17 bits per heavy atom. The van der Waals surface area contributed by atoms with E-state index in [2.05, 4.69) is 20.3 Å². The summed E-state index contributed by atoms with van der Waals surface area (Å²) in [5.74, 6) is -0.840. The number of aromatic nitrogens is 4. The van der Waals surface area contributed by atoms with Gasteiger partial charge < -0.3 is 14.9 Å². The van der Waals surface area contributed by atoms with Gasteiger partial charge in [-0.3, -0.25) is 4.79 Å².